The molecule has 0 bridgehead atoms. The van der Waals surface area contributed by atoms with Gasteiger partial charge in [0.2, 0.25) is 0 Å². The molecular weight excluding hydrogens is 592 g/mol. The molecule has 0 radical (unpaired) electrons. The molecule has 48 heavy (non-hydrogen) atoms. The standard InChI is InChI=1S/C42H25N4O2/c1-2-12-26(13-3-1)40-44-41(27-21-22-31-30-16-6-8-19-34(30)47-36(31)23-27)46-42(45-40)38-37-32-17-7-9-20-35(32)48-39(37)33(24-43-38)29-18-10-14-25-11-4-5-15-28(25)29/h1-24,38H/q-1. The van der Waals surface area contributed by atoms with Gasteiger partial charge in [0.05, 0.1) is 0 Å². The van der Waals surface area contributed by atoms with Crippen LogP contribution >= 0.6 is 0 Å². The highest BCUT2D eigenvalue weighted by Crippen LogP contribution is 2.48. The van der Waals surface area contributed by atoms with E-state index >= 15 is 0 Å². The molecule has 1 aliphatic rings. The predicted octanol–water partition coefficient (Wildman–Crippen LogP) is 10.9. The van der Waals surface area contributed by atoms with E-state index in [4.69, 9.17) is 29.1 Å². The van der Waals surface area contributed by atoms with Gasteiger partial charge in [0.25, 0.3) is 0 Å². The first-order chi connectivity index (χ1) is 23.8. The zero-order valence-electron chi connectivity index (χ0n) is 25.5. The number of hydrogen-bond donors (Lipinski definition) is 0. The van der Waals surface area contributed by atoms with Crippen LogP contribution in [0.15, 0.2) is 155 Å². The lowest BCUT2D eigenvalue weighted by Crippen LogP contribution is -2.12. The Balaban J connectivity index is 1.18. The number of nitrogens with zero attached hydrogens (tertiary/aromatic N) is 4. The van der Waals surface area contributed by atoms with Crippen molar-refractivity contribution in [3.8, 4) is 22.8 Å². The van der Waals surface area contributed by atoms with E-state index in [0.29, 0.717) is 17.5 Å². The number of para-hydroxylation sites is 2. The topological polar surface area (TPSA) is 79.1 Å². The van der Waals surface area contributed by atoms with E-state index in [9.17, 15) is 0 Å². The first-order valence-electron chi connectivity index (χ1n) is 15.9. The number of benzene rings is 6. The largest absolute Gasteiger partial charge is 0.677 e. The summed E-state index contributed by atoms with van der Waals surface area (Å²) >= 11 is 0. The Hall–Kier alpha value is -6.53. The second-order valence-corrected chi connectivity index (χ2v) is 12.0. The van der Waals surface area contributed by atoms with Crippen molar-refractivity contribution in [2.24, 2.45) is 0 Å². The third-order valence-corrected chi connectivity index (χ3v) is 9.15. The summed E-state index contributed by atoms with van der Waals surface area (Å²) in [6, 6.07) is 46.5. The van der Waals surface area contributed by atoms with Crippen molar-refractivity contribution in [2.75, 3.05) is 0 Å². The molecule has 6 heteroatoms. The minimum Gasteiger partial charge on any atom is -0.677 e. The van der Waals surface area contributed by atoms with Gasteiger partial charge in [-0.2, -0.15) is 6.20 Å². The fraction of sp³-hybridized carbons (Fsp3) is 0.0238. The molecule has 0 spiro atoms. The minimum atomic E-state index is -0.512. The molecule has 4 heterocycles. The first-order valence-corrected chi connectivity index (χ1v) is 15.9. The van der Waals surface area contributed by atoms with Gasteiger partial charge in [0.1, 0.15) is 28.3 Å². The van der Waals surface area contributed by atoms with E-state index in [1.807, 2.05) is 85.1 Å². The lowest BCUT2D eigenvalue weighted by atomic mass is 9.90. The zero-order chi connectivity index (χ0) is 31.6. The summed E-state index contributed by atoms with van der Waals surface area (Å²) in [4.78, 5) is 15.2. The Morgan fingerprint density at radius 3 is 2.02 bits per heavy atom. The van der Waals surface area contributed by atoms with Gasteiger partial charge in [-0.15, -0.1) is 0 Å². The summed E-state index contributed by atoms with van der Waals surface area (Å²) in [5, 5.41) is 10.6. The lowest BCUT2D eigenvalue weighted by Gasteiger charge is -2.34. The Morgan fingerprint density at radius 1 is 0.500 bits per heavy atom. The molecule has 226 valence electrons. The second-order valence-electron chi connectivity index (χ2n) is 12.0. The summed E-state index contributed by atoms with van der Waals surface area (Å²) in [5.41, 5.74) is 7.10. The van der Waals surface area contributed by atoms with Crippen molar-refractivity contribution in [2.45, 2.75) is 6.04 Å². The van der Waals surface area contributed by atoms with Gasteiger partial charge in [-0.1, -0.05) is 115 Å². The molecule has 1 atom stereocenters. The molecule has 1 aliphatic heterocycles. The molecule has 0 N–H and O–H groups in total. The number of hydrogen-bond acceptors (Lipinski definition) is 5. The molecule has 9 aromatic rings. The third-order valence-electron chi connectivity index (χ3n) is 9.15. The summed E-state index contributed by atoms with van der Waals surface area (Å²) in [6.07, 6.45) is 1.92. The van der Waals surface area contributed by atoms with E-state index in [2.05, 4.69) is 60.7 Å². The Kier molecular flexibility index (Phi) is 5.84. The quantitative estimate of drug-likeness (QED) is 0.196. The SMILES string of the molecule is C1=C(c2cccc3ccccc23)c2oc3ccccc3c2C(c2nc(-c3ccccc3)nc(-c3ccc4c(c3)oc3ccccc34)n2)[N-]1. The Morgan fingerprint density at radius 2 is 1.17 bits per heavy atom. The molecule has 0 fully saturated rings. The average Bonchev–Trinajstić information content (AvgIpc) is 3.73. The number of aromatic nitrogens is 3. The fourth-order valence-electron chi connectivity index (χ4n) is 6.89. The summed E-state index contributed by atoms with van der Waals surface area (Å²) in [5.74, 6) is 2.45. The number of rotatable bonds is 4. The maximum atomic E-state index is 6.65. The first kappa shape index (κ1) is 26.7. The molecule has 1 unspecified atom stereocenters. The van der Waals surface area contributed by atoms with Crippen LogP contribution in [0.3, 0.4) is 0 Å². The third kappa shape index (κ3) is 4.16. The summed E-state index contributed by atoms with van der Waals surface area (Å²) in [6.45, 7) is 0. The van der Waals surface area contributed by atoms with Crippen molar-refractivity contribution in [1.29, 1.82) is 0 Å². The van der Waals surface area contributed by atoms with Crippen LogP contribution in [0.25, 0.3) is 77.3 Å². The lowest BCUT2D eigenvalue weighted by molar-refractivity contribution is 0.589. The maximum Gasteiger partial charge on any atom is 0.163 e. The number of furan rings is 2. The van der Waals surface area contributed by atoms with Gasteiger partial charge in [-0.05, 0) is 52.2 Å². The van der Waals surface area contributed by atoms with Gasteiger partial charge in [0, 0.05) is 32.9 Å². The van der Waals surface area contributed by atoms with E-state index in [1.165, 1.54) is 0 Å². The molecule has 0 aliphatic carbocycles. The monoisotopic (exact) mass is 617 g/mol. The van der Waals surface area contributed by atoms with Crippen molar-refractivity contribution in [3.63, 3.8) is 0 Å². The Labute approximate surface area is 275 Å². The molecule has 0 amide bonds. The van der Waals surface area contributed by atoms with E-state index in [-0.39, 0.29) is 0 Å². The molecule has 0 saturated carbocycles. The van der Waals surface area contributed by atoms with Gasteiger partial charge in [0.15, 0.2) is 11.6 Å². The van der Waals surface area contributed by atoms with Crippen LogP contribution in [0.1, 0.15) is 28.8 Å². The van der Waals surface area contributed by atoms with Crippen LogP contribution in [0.5, 0.6) is 0 Å². The smallest absolute Gasteiger partial charge is 0.163 e. The van der Waals surface area contributed by atoms with Crippen LogP contribution in [0.4, 0.5) is 0 Å². The van der Waals surface area contributed by atoms with Crippen molar-refractivity contribution < 1.29 is 8.83 Å². The predicted molar refractivity (Wildman–Crippen MR) is 190 cm³/mol. The van der Waals surface area contributed by atoms with E-state index in [1.54, 1.807) is 0 Å². The second kappa shape index (κ2) is 10.5. The van der Waals surface area contributed by atoms with Crippen molar-refractivity contribution in [1.82, 2.24) is 15.0 Å². The van der Waals surface area contributed by atoms with Gasteiger partial charge >= 0.3 is 0 Å². The van der Waals surface area contributed by atoms with Gasteiger partial charge < -0.3 is 14.2 Å². The van der Waals surface area contributed by atoms with Crippen LogP contribution in [0, 0.1) is 0 Å². The highest BCUT2D eigenvalue weighted by atomic mass is 16.3. The number of fused-ring (bicyclic) bond motifs is 7. The van der Waals surface area contributed by atoms with E-state index < -0.39 is 6.04 Å². The Bertz CT molecular complexity index is 2720. The minimum absolute atomic E-state index is 0.512. The normalized spacial score (nSPS) is 14.3. The average molecular weight is 618 g/mol. The summed E-state index contributed by atoms with van der Waals surface area (Å²) < 4.78 is 12.9. The highest BCUT2D eigenvalue weighted by Gasteiger charge is 2.27. The summed E-state index contributed by atoms with van der Waals surface area (Å²) in [7, 11) is 0. The van der Waals surface area contributed by atoms with Crippen molar-refractivity contribution >= 4 is 49.3 Å². The molecule has 10 rings (SSSR count). The highest BCUT2D eigenvalue weighted by molar-refractivity contribution is 6.06. The van der Waals surface area contributed by atoms with Gasteiger partial charge in [-0.3, -0.25) is 0 Å². The van der Waals surface area contributed by atoms with Crippen LogP contribution in [0.2, 0.25) is 0 Å². The fourth-order valence-corrected chi connectivity index (χ4v) is 6.89. The van der Waals surface area contributed by atoms with Crippen LogP contribution in [-0.4, -0.2) is 15.0 Å². The molecule has 3 aromatic heterocycles. The zero-order valence-corrected chi connectivity index (χ0v) is 25.5. The molecular formula is C42H25N4O2-. The molecule has 6 nitrogen and oxygen atoms in total. The molecule has 6 aromatic carbocycles. The molecule has 0 saturated heterocycles. The van der Waals surface area contributed by atoms with Crippen LogP contribution < -0.4 is 0 Å². The van der Waals surface area contributed by atoms with E-state index in [0.717, 1.165) is 77.3 Å². The maximum absolute atomic E-state index is 6.65. The van der Waals surface area contributed by atoms with Gasteiger partial charge in [-0.25, -0.2) is 15.0 Å². The van der Waals surface area contributed by atoms with Crippen molar-refractivity contribution in [3.05, 3.63) is 174 Å². The van der Waals surface area contributed by atoms with Crippen LogP contribution in [-0.2, 0) is 0 Å².